The Balaban J connectivity index is 2.73. The highest BCUT2D eigenvalue weighted by Crippen LogP contribution is 2.12. The van der Waals surface area contributed by atoms with Gasteiger partial charge in [-0.1, -0.05) is 12.1 Å². The van der Waals surface area contributed by atoms with Crippen molar-refractivity contribution in [2.75, 3.05) is 6.26 Å². The molecule has 1 rings (SSSR count). The van der Waals surface area contributed by atoms with E-state index in [0.717, 1.165) is 12.0 Å². The summed E-state index contributed by atoms with van der Waals surface area (Å²) in [6, 6.07) is 6.79. The highest BCUT2D eigenvalue weighted by molar-refractivity contribution is 7.90. The Labute approximate surface area is 90.7 Å². The summed E-state index contributed by atoms with van der Waals surface area (Å²) in [5.74, 6) is 0. The van der Waals surface area contributed by atoms with Crippen molar-refractivity contribution in [1.82, 2.24) is 0 Å². The standard InChI is InChI=1S/C11H16O3S/c1-9(12)3-4-10-5-7-11(8-6-10)15(2,13)14/h5-9,12H,3-4H2,1-2H3/t9-/m1/s1. The number of rotatable bonds is 4. The molecule has 1 N–H and O–H groups in total. The van der Waals surface area contributed by atoms with Crippen LogP contribution in [0.3, 0.4) is 0 Å². The van der Waals surface area contributed by atoms with Gasteiger partial charge >= 0.3 is 0 Å². The van der Waals surface area contributed by atoms with E-state index in [4.69, 9.17) is 5.11 Å². The predicted molar refractivity (Wildman–Crippen MR) is 59.6 cm³/mol. The van der Waals surface area contributed by atoms with Crippen molar-refractivity contribution >= 4 is 9.84 Å². The fraction of sp³-hybridized carbons (Fsp3) is 0.455. The fourth-order valence-electron chi connectivity index (χ4n) is 1.28. The highest BCUT2D eigenvalue weighted by Gasteiger charge is 2.06. The third-order valence-corrected chi connectivity index (χ3v) is 3.33. The topological polar surface area (TPSA) is 54.4 Å². The number of aliphatic hydroxyl groups is 1. The molecule has 0 aliphatic rings. The van der Waals surface area contributed by atoms with E-state index >= 15 is 0 Å². The normalized spacial score (nSPS) is 13.8. The Morgan fingerprint density at radius 2 is 1.80 bits per heavy atom. The molecule has 0 bridgehead atoms. The van der Waals surface area contributed by atoms with Gasteiger partial charge < -0.3 is 5.11 Å². The predicted octanol–water partition coefficient (Wildman–Crippen LogP) is 1.40. The van der Waals surface area contributed by atoms with Crippen molar-refractivity contribution in [2.45, 2.75) is 30.8 Å². The summed E-state index contributed by atoms with van der Waals surface area (Å²) in [6.07, 6.45) is 2.33. The summed E-state index contributed by atoms with van der Waals surface area (Å²) in [6.45, 7) is 1.74. The third-order valence-electron chi connectivity index (χ3n) is 2.20. The lowest BCUT2D eigenvalue weighted by atomic mass is 10.1. The monoisotopic (exact) mass is 228 g/mol. The van der Waals surface area contributed by atoms with E-state index in [1.54, 1.807) is 31.2 Å². The maximum Gasteiger partial charge on any atom is 0.175 e. The van der Waals surface area contributed by atoms with Crippen LogP contribution in [0.1, 0.15) is 18.9 Å². The van der Waals surface area contributed by atoms with E-state index in [9.17, 15) is 8.42 Å². The second-order valence-electron chi connectivity index (χ2n) is 3.80. The number of hydrogen-bond acceptors (Lipinski definition) is 3. The minimum Gasteiger partial charge on any atom is -0.393 e. The first-order chi connectivity index (χ1) is 6.89. The van der Waals surface area contributed by atoms with Gasteiger partial charge in [0.05, 0.1) is 11.0 Å². The van der Waals surface area contributed by atoms with Crippen LogP contribution in [0.2, 0.25) is 0 Å². The van der Waals surface area contributed by atoms with E-state index < -0.39 is 9.84 Å². The van der Waals surface area contributed by atoms with Crippen molar-refractivity contribution in [3.05, 3.63) is 29.8 Å². The van der Waals surface area contributed by atoms with Crippen LogP contribution in [0, 0.1) is 0 Å². The minimum atomic E-state index is -3.10. The van der Waals surface area contributed by atoms with Crippen molar-refractivity contribution < 1.29 is 13.5 Å². The van der Waals surface area contributed by atoms with E-state index in [1.165, 1.54) is 6.26 Å². The third kappa shape index (κ3) is 4.01. The van der Waals surface area contributed by atoms with E-state index in [0.29, 0.717) is 11.3 Å². The van der Waals surface area contributed by atoms with Crippen molar-refractivity contribution in [3.8, 4) is 0 Å². The van der Waals surface area contributed by atoms with Gasteiger partial charge in [0.15, 0.2) is 9.84 Å². The summed E-state index contributed by atoms with van der Waals surface area (Å²) >= 11 is 0. The number of hydrogen-bond donors (Lipinski definition) is 1. The zero-order chi connectivity index (χ0) is 11.5. The Morgan fingerprint density at radius 1 is 1.27 bits per heavy atom. The zero-order valence-corrected chi connectivity index (χ0v) is 9.79. The van der Waals surface area contributed by atoms with Crippen molar-refractivity contribution in [1.29, 1.82) is 0 Å². The summed E-state index contributed by atoms with van der Waals surface area (Å²) < 4.78 is 22.3. The molecule has 3 nitrogen and oxygen atoms in total. The van der Waals surface area contributed by atoms with Gasteiger partial charge in [0.25, 0.3) is 0 Å². The van der Waals surface area contributed by atoms with Crippen LogP contribution in [-0.2, 0) is 16.3 Å². The first-order valence-electron chi connectivity index (χ1n) is 4.86. The molecule has 0 fully saturated rings. The molecule has 0 aliphatic heterocycles. The summed E-state index contributed by atoms with van der Waals surface area (Å²) in [4.78, 5) is 0.336. The number of benzene rings is 1. The molecule has 84 valence electrons. The average molecular weight is 228 g/mol. The zero-order valence-electron chi connectivity index (χ0n) is 8.97. The van der Waals surface area contributed by atoms with Crippen molar-refractivity contribution in [2.24, 2.45) is 0 Å². The molecule has 1 aromatic rings. The molecule has 0 aromatic heterocycles. The minimum absolute atomic E-state index is 0.320. The van der Waals surface area contributed by atoms with Gasteiger partial charge in [-0.25, -0.2) is 8.42 Å². The first-order valence-corrected chi connectivity index (χ1v) is 6.76. The van der Waals surface area contributed by atoms with Crippen LogP contribution in [0.25, 0.3) is 0 Å². The highest BCUT2D eigenvalue weighted by atomic mass is 32.2. The van der Waals surface area contributed by atoms with Gasteiger partial charge in [-0.05, 0) is 37.5 Å². The molecule has 1 aromatic carbocycles. The second-order valence-corrected chi connectivity index (χ2v) is 5.82. The SMILES string of the molecule is C[C@@H](O)CCc1ccc(S(C)(=O)=O)cc1. The molecule has 0 amide bonds. The molecule has 0 unspecified atom stereocenters. The maximum atomic E-state index is 11.2. The number of aliphatic hydroxyl groups excluding tert-OH is 1. The van der Waals surface area contributed by atoms with Crippen LogP contribution in [0.4, 0.5) is 0 Å². The first kappa shape index (κ1) is 12.2. The maximum absolute atomic E-state index is 11.2. The van der Waals surface area contributed by atoms with Crippen LogP contribution in [0.15, 0.2) is 29.2 Å². The molecule has 0 radical (unpaired) electrons. The molecule has 4 heteroatoms. The Bertz CT molecular complexity index is 404. The molecule has 0 aliphatic carbocycles. The molecule has 0 heterocycles. The molecule has 0 saturated heterocycles. The van der Waals surface area contributed by atoms with E-state index in [2.05, 4.69) is 0 Å². The van der Waals surface area contributed by atoms with Crippen molar-refractivity contribution in [3.63, 3.8) is 0 Å². The van der Waals surface area contributed by atoms with Crippen LogP contribution >= 0.6 is 0 Å². The largest absolute Gasteiger partial charge is 0.393 e. The molecular formula is C11H16O3S. The van der Waals surface area contributed by atoms with E-state index in [1.807, 2.05) is 0 Å². The molecule has 0 saturated carbocycles. The average Bonchev–Trinajstić information content (AvgIpc) is 2.14. The van der Waals surface area contributed by atoms with Gasteiger partial charge in [-0.2, -0.15) is 0 Å². The Hall–Kier alpha value is -0.870. The van der Waals surface area contributed by atoms with Gasteiger partial charge in [0.1, 0.15) is 0 Å². The van der Waals surface area contributed by atoms with Crippen LogP contribution in [-0.4, -0.2) is 25.9 Å². The fourth-order valence-corrected chi connectivity index (χ4v) is 1.91. The van der Waals surface area contributed by atoms with Crippen LogP contribution in [0.5, 0.6) is 0 Å². The Morgan fingerprint density at radius 3 is 2.20 bits per heavy atom. The van der Waals surface area contributed by atoms with Gasteiger partial charge in [0.2, 0.25) is 0 Å². The Kier molecular flexibility index (Phi) is 3.88. The second kappa shape index (κ2) is 4.77. The summed E-state index contributed by atoms with van der Waals surface area (Å²) in [5, 5.41) is 9.10. The molecule has 15 heavy (non-hydrogen) atoms. The van der Waals surface area contributed by atoms with E-state index in [-0.39, 0.29) is 6.10 Å². The molecule has 1 atom stereocenters. The van der Waals surface area contributed by atoms with Gasteiger partial charge in [0, 0.05) is 6.26 Å². The van der Waals surface area contributed by atoms with Gasteiger partial charge in [-0.15, -0.1) is 0 Å². The molecular weight excluding hydrogens is 212 g/mol. The lowest BCUT2D eigenvalue weighted by Crippen LogP contribution is -2.02. The molecule has 0 spiro atoms. The van der Waals surface area contributed by atoms with Crippen LogP contribution < -0.4 is 0 Å². The number of sulfone groups is 1. The summed E-state index contributed by atoms with van der Waals surface area (Å²) in [5.41, 5.74) is 1.04. The lowest BCUT2D eigenvalue weighted by molar-refractivity contribution is 0.185. The summed E-state index contributed by atoms with van der Waals surface area (Å²) in [7, 11) is -3.10. The quantitative estimate of drug-likeness (QED) is 0.847. The number of aryl methyl sites for hydroxylation is 1. The smallest absolute Gasteiger partial charge is 0.175 e. The lowest BCUT2D eigenvalue weighted by Gasteiger charge is -2.04. The van der Waals surface area contributed by atoms with Gasteiger partial charge in [-0.3, -0.25) is 0 Å².